The summed E-state index contributed by atoms with van der Waals surface area (Å²) in [6.45, 7) is 0. The van der Waals surface area contributed by atoms with Crippen molar-refractivity contribution in [2.45, 2.75) is 64.2 Å². The molecule has 3 aliphatic rings. The molecule has 3 saturated carbocycles. The Labute approximate surface area is 87.8 Å². The molecule has 0 nitrogen and oxygen atoms in total. The van der Waals surface area contributed by atoms with Crippen LogP contribution in [0.3, 0.4) is 0 Å². The Morgan fingerprint density at radius 2 is 1.21 bits per heavy atom. The molecule has 0 aliphatic heterocycles. The van der Waals surface area contributed by atoms with Crippen molar-refractivity contribution >= 4 is 0 Å². The smallest absolute Gasteiger partial charge is 0.0132 e. The fourth-order valence-electron chi connectivity index (χ4n) is 3.79. The molecule has 0 aromatic rings. The third-order valence-electron chi connectivity index (χ3n) is 4.57. The lowest BCUT2D eigenvalue weighted by Crippen LogP contribution is -1.91. The molecule has 14 heavy (non-hydrogen) atoms. The van der Waals surface area contributed by atoms with Gasteiger partial charge in [-0.1, -0.05) is 36.8 Å². The van der Waals surface area contributed by atoms with E-state index < -0.39 is 0 Å². The molecule has 3 rings (SSSR count). The van der Waals surface area contributed by atoms with Crippen molar-refractivity contribution in [3.8, 4) is 0 Å². The van der Waals surface area contributed by atoms with Crippen LogP contribution in [0.2, 0.25) is 0 Å². The Morgan fingerprint density at radius 1 is 0.643 bits per heavy atom. The van der Waals surface area contributed by atoms with Crippen LogP contribution in [0.15, 0.2) is 11.1 Å². The average molecular weight is 190 g/mol. The van der Waals surface area contributed by atoms with Gasteiger partial charge in [0.1, 0.15) is 0 Å². The Kier molecular flexibility index (Phi) is 2.39. The number of rotatable bonds is 0. The topological polar surface area (TPSA) is 0 Å². The van der Waals surface area contributed by atoms with Crippen LogP contribution in [0.5, 0.6) is 0 Å². The summed E-state index contributed by atoms with van der Waals surface area (Å²) in [7, 11) is 0. The molecule has 0 radical (unpaired) electrons. The predicted molar refractivity (Wildman–Crippen MR) is 60.2 cm³/mol. The Balaban J connectivity index is 1.75. The molecule has 0 spiro atoms. The summed E-state index contributed by atoms with van der Waals surface area (Å²) in [4.78, 5) is 0. The van der Waals surface area contributed by atoms with E-state index in [-0.39, 0.29) is 0 Å². The van der Waals surface area contributed by atoms with Gasteiger partial charge in [0, 0.05) is 0 Å². The SMILES string of the molecule is C1CCCC(=C2C3CCCCC23)CC1. The molecule has 0 heterocycles. The van der Waals surface area contributed by atoms with Crippen LogP contribution in [0, 0.1) is 11.8 Å². The zero-order chi connectivity index (χ0) is 9.38. The quantitative estimate of drug-likeness (QED) is 0.391. The third kappa shape index (κ3) is 1.53. The van der Waals surface area contributed by atoms with Crippen molar-refractivity contribution in [2.24, 2.45) is 11.8 Å². The third-order valence-corrected chi connectivity index (χ3v) is 4.57. The van der Waals surface area contributed by atoms with E-state index >= 15 is 0 Å². The number of hydrogen-bond donors (Lipinski definition) is 0. The van der Waals surface area contributed by atoms with Gasteiger partial charge in [-0.05, 0) is 50.4 Å². The average Bonchev–Trinajstić information content (AvgIpc) is 2.97. The summed E-state index contributed by atoms with van der Waals surface area (Å²) in [5.74, 6) is 2.16. The van der Waals surface area contributed by atoms with Crippen molar-refractivity contribution in [3.63, 3.8) is 0 Å². The lowest BCUT2D eigenvalue weighted by molar-refractivity contribution is 0.480. The highest BCUT2D eigenvalue weighted by Crippen LogP contribution is 2.57. The van der Waals surface area contributed by atoms with Gasteiger partial charge in [0.15, 0.2) is 0 Å². The molecule has 0 N–H and O–H groups in total. The van der Waals surface area contributed by atoms with Gasteiger partial charge in [-0.15, -0.1) is 0 Å². The highest BCUT2D eigenvalue weighted by atomic mass is 14.5. The maximum atomic E-state index is 1.96. The molecule has 0 aromatic heterocycles. The molecule has 0 heteroatoms. The van der Waals surface area contributed by atoms with Crippen LogP contribution >= 0.6 is 0 Å². The number of allylic oxidation sites excluding steroid dienone is 2. The minimum absolute atomic E-state index is 1.08. The first-order chi connectivity index (χ1) is 6.97. The second kappa shape index (κ2) is 3.72. The van der Waals surface area contributed by atoms with Gasteiger partial charge < -0.3 is 0 Å². The molecule has 0 saturated heterocycles. The highest BCUT2D eigenvalue weighted by Gasteiger charge is 2.46. The van der Waals surface area contributed by atoms with Gasteiger partial charge in [-0.2, -0.15) is 0 Å². The van der Waals surface area contributed by atoms with Crippen molar-refractivity contribution < 1.29 is 0 Å². The van der Waals surface area contributed by atoms with E-state index in [0.29, 0.717) is 0 Å². The highest BCUT2D eigenvalue weighted by molar-refractivity contribution is 5.36. The van der Waals surface area contributed by atoms with E-state index in [0.717, 1.165) is 11.8 Å². The summed E-state index contributed by atoms with van der Waals surface area (Å²) in [6, 6.07) is 0. The van der Waals surface area contributed by atoms with E-state index in [1.807, 2.05) is 11.1 Å². The molecule has 0 amide bonds. The van der Waals surface area contributed by atoms with E-state index in [2.05, 4.69) is 0 Å². The molecule has 0 aromatic carbocycles. The van der Waals surface area contributed by atoms with Crippen LogP contribution in [-0.4, -0.2) is 0 Å². The van der Waals surface area contributed by atoms with Gasteiger partial charge in [0.05, 0.1) is 0 Å². The summed E-state index contributed by atoms with van der Waals surface area (Å²) >= 11 is 0. The first-order valence-electron chi connectivity index (χ1n) is 6.68. The zero-order valence-electron chi connectivity index (χ0n) is 9.23. The lowest BCUT2D eigenvalue weighted by atomic mass is 10.0. The summed E-state index contributed by atoms with van der Waals surface area (Å²) in [6.07, 6.45) is 15.0. The minimum Gasteiger partial charge on any atom is -0.0704 e. The fourth-order valence-corrected chi connectivity index (χ4v) is 3.79. The van der Waals surface area contributed by atoms with E-state index in [9.17, 15) is 0 Å². The van der Waals surface area contributed by atoms with Gasteiger partial charge in [-0.25, -0.2) is 0 Å². The van der Waals surface area contributed by atoms with Crippen LogP contribution in [0.25, 0.3) is 0 Å². The molecule has 78 valence electrons. The largest absolute Gasteiger partial charge is 0.0704 e. The lowest BCUT2D eigenvalue weighted by Gasteiger charge is -2.04. The van der Waals surface area contributed by atoms with Crippen molar-refractivity contribution in [3.05, 3.63) is 11.1 Å². The van der Waals surface area contributed by atoms with E-state index in [1.54, 1.807) is 0 Å². The van der Waals surface area contributed by atoms with Gasteiger partial charge in [0.25, 0.3) is 0 Å². The van der Waals surface area contributed by atoms with Crippen LogP contribution < -0.4 is 0 Å². The summed E-state index contributed by atoms with van der Waals surface area (Å²) in [5.41, 5.74) is 3.88. The summed E-state index contributed by atoms with van der Waals surface area (Å²) in [5, 5.41) is 0. The Bertz CT molecular complexity index is 225. The van der Waals surface area contributed by atoms with Crippen LogP contribution in [-0.2, 0) is 0 Å². The minimum atomic E-state index is 1.08. The number of fused-ring (bicyclic) bond motifs is 1. The van der Waals surface area contributed by atoms with Crippen LogP contribution in [0.4, 0.5) is 0 Å². The predicted octanol–water partition coefficient (Wildman–Crippen LogP) is 4.46. The maximum Gasteiger partial charge on any atom is -0.0132 e. The van der Waals surface area contributed by atoms with Crippen molar-refractivity contribution in [2.75, 3.05) is 0 Å². The van der Waals surface area contributed by atoms with Crippen molar-refractivity contribution in [1.82, 2.24) is 0 Å². The van der Waals surface area contributed by atoms with E-state index in [4.69, 9.17) is 0 Å². The maximum absolute atomic E-state index is 1.96. The summed E-state index contributed by atoms with van der Waals surface area (Å²) < 4.78 is 0. The van der Waals surface area contributed by atoms with Crippen LogP contribution in [0.1, 0.15) is 64.2 Å². The monoisotopic (exact) mass is 190 g/mol. The molecular weight excluding hydrogens is 168 g/mol. The Hall–Kier alpha value is -0.260. The molecular formula is C14H22. The first-order valence-corrected chi connectivity index (χ1v) is 6.68. The van der Waals surface area contributed by atoms with E-state index in [1.165, 1.54) is 64.2 Å². The second-order valence-electron chi connectivity index (χ2n) is 5.47. The second-order valence-corrected chi connectivity index (χ2v) is 5.47. The van der Waals surface area contributed by atoms with Crippen molar-refractivity contribution in [1.29, 1.82) is 0 Å². The fraction of sp³-hybridized carbons (Fsp3) is 0.857. The molecule has 0 bridgehead atoms. The molecule has 3 fully saturated rings. The molecule has 2 atom stereocenters. The zero-order valence-corrected chi connectivity index (χ0v) is 9.23. The standard InChI is InChI=1S/C14H22/c1-2-4-8-11(7-3-1)14-12-9-5-6-10-13(12)14/h12-13H,1-10H2. The normalized spacial score (nSPS) is 37.7. The van der Waals surface area contributed by atoms with Gasteiger partial charge in [-0.3, -0.25) is 0 Å². The van der Waals surface area contributed by atoms with Gasteiger partial charge in [0.2, 0.25) is 0 Å². The number of hydrogen-bond acceptors (Lipinski definition) is 0. The Morgan fingerprint density at radius 3 is 1.79 bits per heavy atom. The molecule has 3 aliphatic carbocycles. The van der Waals surface area contributed by atoms with Gasteiger partial charge >= 0.3 is 0 Å². The molecule has 2 unspecified atom stereocenters. The first kappa shape index (κ1) is 9.00.